The molecule has 0 aliphatic carbocycles. The molecule has 0 radical (unpaired) electrons. The molecule has 0 aliphatic heterocycles. The number of allylic oxidation sites excluding steroid dienone is 1. The van der Waals surface area contributed by atoms with E-state index in [1.807, 2.05) is 48.4 Å². The molecule has 0 fully saturated rings. The standard InChI is InChI=1S/C18H20N4OS/c1-3-10-22-17(23)15-8-4-5-9-16(15)20-18(22)24-11-6-7-14-12-19-21(2)13-14/h3-5,8-9,12-13H,1,6-7,10-11H2,2H3. The van der Waals surface area contributed by atoms with Crippen LogP contribution < -0.4 is 5.56 Å². The van der Waals surface area contributed by atoms with Gasteiger partial charge < -0.3 is 0 Å². The second kappa shape index (κ2) is 7.49. The van der Waals surface area contributed by atoms with Gasteiger partial charge in [0.05, 0.1) is 17.1 Å². The molecule has 2 heterocycles. The normalized spacial score (nSPS) is 11.0. The lowest BCUT2D eigenvalue weighted by molar-refractivity contribution is 0.671. The summed E-state index contributed by atoms with van der Waals surface area (Å²) in [5, 5.41) is 5.59. The van der Waals surface area contributed by atoms with E-state index in [4.69, 9.17) is 0 Å². The minimum Gasteiger partial charge on any atom is -0.283 e. The zero-order chi connectivity index (χ0) is 16.9. The Balaban J connectivity index is 1.76. The van der Waals surface area contributed by atoms with E-state index in [1.54, 1.807) is 22.4 Å². The van der Waals surface area contributed by atoms with Gasteiger partial charge in [-0.1, -0.05) is 30.0 Å². The highest BCUT2D eigenvalue weighted by Gasteiger charge is 2.10. The molecule has 0 aliphatic rings. The van der Waals surface area contributed by atoms with Crippen LogP contribution >= 0.6 is 11.8 Å². The summed E-state index contributed by atoms with van der Waals surface area (Å²) in [5.41, 5.74) is 1.97. The van der Waals surface area contributed by atoms with E-state index in [2.05, 4.69) is 16.7 Å². The summed E-state index contributed by atoms with van der Waals surface area (Å²) in [5.74, 6) is 0.900. The molecule has 0 saturated heterocycles. The Morgan fingerprint density at radius 1 is 1.33 bits per heavy atom. The number of aryl methyl sites for hydroxylation is 2. The molecule has 3 aromatic rings. The van der Waals surface area contributed by atoms with Crippen molar-refractivity contribution in [3.63, 3.8) is 0 Å². The third-order valence-corrected chi connectivity index (χ3v) is 4.80. The monoisotopic (exact) mass is 340 g/mol. The average Bonchev–Trinajstić information content (AvgIpc) is 3.00. The first-order chi connectivity index (χ1) is 11.7. The fourth-order valence-electron chi connectivity index (χ4n) is 2.59. The molecular weight excluding hydrogens is 320 g/mol. The van der Waals surface area contributed by atoms with Gasteiger partial charge in [0.15, 0.2) is 5.16 Å². The van der Waals surface area contributed by atoms with Crippen molar-refractivity contribution in [2.45, 2.75) is 24.5 Å². The van der Waals surface area contributed by atoms with Crippen molar-refractivity contribution in [2.75, 3.05) is 5.75 Å². The van der Waals surface area contributed by atoms with Crippen molar-refractivity contribution < 1.29 is 0 Å². The quantitative estimate of drug-likeness (QED) is 0.287. The predicted octanol–water partition coefficient (Wildman–Crippen LogP) is 3.04. The first-order valence-corrected chi connectivity index (χ1v) is 8.88. The molecule has 2 aromatic heterocycles. The lowest BCUT2D eigenvalue weighted by atomic mass is 10.2. The van der Waals surface area contributed by atoms with E-state index >= 15 is 0 Å². The maximum absolute atomic E-state index is 12.6. The molecule has 1 aromatic carbocycles. The summed E-state index contributed by atoms with van der Waals surface area (Å²) >= 11 is 1.62. The van der Waals surface area contributed by atoms with E-state index in [0.29, 0.717) is 11.9 Å². The Morgan fingerprint density at radius 3 is 2.92 bits per heavy atom. The highest BCUT2D eigenvalue weighted by atomic mass is 32.2. The molecule has 3 rings (SSSR count). The van der Waals surface area contributed by atoms with Crippen LogP contribution in [0.5, 0.6) is 0 Å². The molecule has 5 nitrogen and oxygen atoms in total. The van der Waals surface area contributed by atoms with Crippen LogP contribution in [0.15, 0.2) is 59.3 Å². The maximum Gasteiger partial charge on any atom is 0.262 e. The predicted molar refractivity (Wildman–Crippen MR) is 98.5 cm³/mol. The third-order valence-electron chi connectivity index (χ3n) is 3.74. The Morgan fingerprint density at radius 2 is 2.17 bits per heavy atom. The summed E-state index contributed by atoms with van der Waals surface area (Å²) in [6.07, 6.45) is 7.64. The highest BCUT2D eigenvalue weighted by Crippen LogP contribution is 2.19. The van der Waals surface area contributed by atoms with Crippen LogP contribution in [0.25, 0.3) is 10.9 Å². The zero-order valence-electron chi connectivity index (χ0n) is 13.7. The molecule has 0 N–H and O–H groups in total. The lowest BCUT2D eigenvalue weighted by Crippen LogP contribution is -2.22. The Bertz CT molecular complexity index is 913. The van der Waals surface area contributed by atoms with Crippen LogP contribution in [0.4, 0.5) is 0 Å². The first-order valence-electron chi connectivity index (χ1n) is 7.90. The number of para-hydroxylation sites is 1. The number of thioether (sulfide) groups is 1. The molecule has 0 bridgehead atoms. The van der Waals surface area contributed by atoms with Crippen molar-refractivity contribution in [2.24, 2.45) is 7.05 Å². The van der Waals surface area contributed by atoms with E-state index in [1.165, 1.54) is 5.56 Å². The molecule has 6 heteroatoms. The Hall–Kier alpha value is -2.34. The van der Waals surface area contributed by atoms with Crippen molar-refractivity contribution in [3.05, 3.63) is 65.2 Å². The summed E-state index contributed by atoms with van der Waals surface area (Å²) in [7, 11) is 1.92. The zero-order valence-corrected chi connectivity index (χ0v) is 14.5. The van der Waals surface area contributed by atoms with Gasteiger partial charge in [0.25, 0.3) is 5.56 Å². The van der Waals surface area contributed by atoms with Crippen molar-refractivity contribution in [1.29, 1.82) is 0 Å². The fraction of sp³-hybridized carbons (Fsp3) is 0.278. The number of hydrogen-bond acceptors (Lipinski definition) is 4. The van der Waals surface area contributed by atoms with E-state index in [0.717, 1.165) is 29.3 Å². The largest absolute Gasteiger partial charge is 0.283 e. The van der Waals surface area contributed by atoms with Gasteiger partial charge >= 0.3 is 0 Å². The number of aromatic nitrogens is 4. The van der Waals surface area contributed by atoms with Crippen molar-refractivity contribution in [3.8, 4) is 0 Å². The number of fused-ring (bicyclic) bond motifs is 1. The average molecular weight is 340 g/mol. The number of nitrogens with zero attached hydrogens (tertiary/aromatic N) is 4. The minimum atomic E-state index is -0.00439. The highest BCUT2D eigenvalue weighted by molar-refractivity contribution is 7.99. The molecular formula is C18H20N4OS. The van der Waals surface area contributed by atoms with Gasteiger partial charge in [0.1, 0.15) is 0 Å². The molecule has 0 atom stereocenters. The second-order valence-corrected chi connectivity index (χ2v) is 6.65. The van der Waals surface area contributed by atoms with Gasteiger partial charge in [0.2, 0.25) is 0 Å². The summed E-state index contributed by atoms with van der Waals surface area (Å²) in [4.78, 5) is 17.3. The number of benzene rings is 1. The van der Waals surface area contributed by atoms with Crippen molar-refractivity contribution in [1.82, 2.24) is 19.3 Å². The van der Waals surface area contributed by atoms with Crippen LogP contribution in [0.3, 0.4) is 0 Å². The Kier molecular flexibility index (Phi) is 5.15. The first kappa shape index (κ1) is 16.5. The molecule has 124 valence electrons. The molecule has 0 saturated carbocycles. The van der Waals surface area contributed by atoms with Gasteiger partial charge in [-0.25, -0.2) is 4.98 Å². The third kappa shape index (κ3) is 3.59. The topological polar surface area (TPSA) is 52.7 Å². The van der Waals surface area contributed by atoms with E-state index in [-0.39, 0.29) is 5.56 Å². The van der Waals surface area contributed by atoms with Gasteiger partial charge in [-0.3, -0.25) is 14.0 Å². The molecule has 0 unspecified atom stereocenters. The molecule has 0 amide bonds. The second-order valence-electron chi connectivity index (χ2n) is 5.59. The van der Waals surface area contributed by atoms with Crippen LogP contribution in [-0.2, 0) is 20.0 Å². The van der Waals surface area contributed by atoms with Crippen LogP contribution in [0.2, 0.25) is 0 Å². The van der Waals surface area contributed by atoms with Crippen molar-refractivity contribution >= 4 is 22.7 Å². The summed E-state index contributed by atoms with van der Waals surface area (Å²) < 4.78 is 3.51. The number of rotatable bonds is 7. The summed E-state index contributed by atoms with van der Waals surface area (Å²) in [6, 6.07) is 7.48. The SMILES string of the molecule is C=CCn1c(SCCCc2cnn(C)c2)nc2ccccc2c1=O. The van der Waals surface area contributed by atoms with Gasteiger partial charge in [-0.2, -0.15) is 5.10 Å². The maximum atomic E-state index is 12.6. The van der Waals surface area contributed by atoms with Gasteiger partial charge in [-0.05, 0) is 30.5 Å². The summed E-state index contributed by atoms with van der Waals surface area (Å²) in [6.45, 7) is 4.22. The van der Waals surface area contributed by atoms with E-state index in [9.17, 15) is 4.79 Å². The van der Waals surface area contributed by atoms with Crippen LogP contribution in [0.1, 0.15) is 12.0 Å². The molecule has 24 heavy (non-hydrogen) atoms. The van der Waals surface area contributed by atoms with E-state index < -0.39 is 0 Å². The molecule has 0 spiro atoms. The van der Waals surface area contributed by atoms with Gasteiger partial charge in [-0.15, -0.1) is 6.58 Å². The number of hydrogen-bond donors (Lipinski definition) is 0. The fourth-order valence-corrected chi connectivity index (χ4v) is 3.54. The smallest absolute Gasteiger partial charge is 0.262 e. The van der Waals surface area contributed by atoms with Crippen LogP contribution in [0, 0.1) is 0 Å². The minimum absolute atomic E-state index is 0.00439. The Labute approximate surface area is 145 Å². The van der Waals surface area contributed by atoms with Crippen LogP contribution in [-0.4, -0.2) is 25.1 Å². The van der Waals surface area contributed by atoms with Gasteiger partial charge in [0, 0.05) is 25.5 Å². The lowest BCUT2D eigenvalue weighted by Gasteiger charge is -2.11.